The Balaban J connectivity index is 2.64. The predicted octanol–water partition coefficient (Wildman–Crippen LogP) is 1.13. The molecule has 0 aliphatic rings. The van der Waals surface area contributed by atoms with E-state index in [-0.39, 0.29) is 0 Å². The number of aromatic amines is 1. The maximum atomic E-state index is 8.54. The zero-order valence-electron chi connectivity index (χ0n) is 8.48. The molecule has 0 bridgehead atoms. The van der Waals surface area contributed by atoms with Crippen LogP contribution in [0.1, 0.15) is 12.8 Å². The minimum absolute atomic E-state index is 0.476. The Kier molecular flexibility index (Phi) is 4.69. The van der Waals surface area contributed by atoms with Crippen LogP contribution in [0.3, 0.4) is 0 Å². The summed E-state index contributed by atoms with van der Waals surface area (Å²) < 4.78 is 0. The van der Waals surface area contributed by atoms with Crippen LogP contribution in [0.25, 0.3) is 0 Å². The monoisotopic (exact) mass is 201 g/mol. The van der Waals surface area contributed by atoms with Gasteiger partial charge in [-0.1, -0.05) is 0 Å². The third-order valence-corrected chi connectivity index (χ3v) is 2.05. The van der Waals surface area contributed by atoms with Gasteiger partial charge in [-0.05, 0) is 0 Å². The van der Waals surface area contributed by atoms with Crippen molar-refractivity contribution in [2.45, 2.75) is 12.8 Å². The van der Waals surface area contributed by atoms with Gasteiger partial charge in [0.2, 0.25) is 0 Å². The average Bonchev–Trinajstić information content (AvgIpc) is 2.30. The molecule has 1 N–H and O–H groups in total. The summed E-state index contributed by atoms with van der Waals surface area (Å²) in [6, 6.07) is 8.10. The molecular weight excluding hydrogens is 188 g/mol. The van der Waals surface area contributed by atoms with E-state index >= 15 is 0 Å². The second-order valence-electron chi connectivity index (χ2n) is 3.06. The van der Waals surface area contributed by atoms with Crippen LogP contribution in [-0.2, 0) is 0 Å². The topological polar surface area (TPSA) is 65.0 Å². The number of hydrogen-bond acceptors (Lipinski definition) is 3. The molecule has 0 amide bonds. The third kappa shape index (κ3) is 3.66. The van der Waals surface area contributed by atoms with Gasteiger partial charge in [0.15, 0.2) is 12.4 Å². The highest BCUT2D eigenvalue weighted by atomic mass is 15.1. The third-order valence-electron chi connectivity index (χ3n) is 2.05. The Morgan fingerprint density at radius 2 is 1.60 bits per heavy atom. The normalized spacial score (nSPS) is 8.93. The molecule has 0 aliphatic carbocycles. The van der Waals surface area contributed by atoms with E-state index in [0.717, 1.165) is 5.69 Å². The van der Waals surface area contributed by atoms with Crippen molar-refractivity contribution in [1.82, 2.24) is 0 Å². The first kappa shape index (κ1) is 11.0. The molecule has 0 spiro atoms. The van der Waals surface area contributed by atoms with Crippen molar-refractivity contribution in [1.29, 1.82) is 10.5 Å². The first-order chi connectivity index (χ1) is 7.38. The van der Waals surface area contributed by atoms with E-state index in [1.54, 1.807) is 0 Å². The van der Waals surface area contributed by atoms with Gasteiger partial charge in [-0.15, -0.1) is 0 Å². The number of hydrogen-bond donors (Lipinski definition) is 0. The molecule has 76 valence electrons. The molecule has 15 heavy (non-hydrogen) atoms. The number of nitrogens with zero attached hydrogens (tertiary/aromatic N) is 3. The second-order valence-corrected chi connectivity index (χ2v) is 3.06. The zero-order valence-corrected chi connectivity index (χ0v) is 8.48. The van der Waals surface area contributed by atoms with Crippen LogP contribution in [0, 0.1) is 22.7 Å². The van der Waals surface area contributed by atoms with Crippen LogP contribution >= 0.6 is 0 Å². The Hall–Kier alpha value is -2.07. The first-order valence-corrected chi connectivity index (χ1v) is 4.83. The summed E-state index contributed by atoms with van der Waals surface area (Å²) in [5.41, 5.74) is 1.04. The Bertz CT molecular complexity index is 342. The lowest BCUT2D eigenvalue weighted by atomic mass is 10.3. The Morgan fingerprint density at radius 1 is 1.07 bits per heavy atom. The molecule has 1 aromatic heterocycles. The maximum absolute atomic E-state index is 8.54. The highest BCUT2D eigenvalue weighted by Gasteiger charge is 2.05. The van der Waals surface area contributed by atoms with Crippen LogP contribution in [0.2, 0.25) is 0 Å². The molecule has 1 aromatic rings. The van der Waals surface area contributed by atoms with E-state index in [2.05, 4.69) is 17.1 Å². The van der Waals surface area contributed by atoms with Crippen molar-refractivity contribution >= 4 is 5.69 Å². The number of anilines is 1. The largest absolute Gasteiger partial charge is 0.369 e. The van der Waals surface area contributed by atoms with Gasteiger partial charge in [0, 0.05) is 30.9 Å². The van der Waals surface area contributed by atoms with Gasteiger partial charge in [0.1, 0.15) is 0 Å². The van der Waals surface area contributed by atoms with Gasteiger partial charge in [-0.3, -0.25) is 0 Å². The number of rotatable bonds is 5. The van der Waals surface area contributed by atoms with Gasteiger partial charge >= 0.3 is 0 Å². The summed E-state index contributed by atoms with van der Waals surface area (Å²) in [7, 11) is 0. The minimum atomic E-state index is 0.476. The summed E-state index contributed by atoms with van der Waals surface area (Å²) in [4.78, 5) is 4.99. The molecule has 0 unspecified atom stereocenters. The predicted molar refractivity (Wildman–Crippen MR) is 55.7 cm³/mol. The van der Waals surface area contributed by atoms with E-state index in [9.17, 15) is 0 Å². The summed E-state index contributed by atoms with van der Waals surface area (Å²) in [6.45, 7) is 1.34. The van der Waals surface area contributed by atoms with Crippen LogP contribution in [0.5, 0.6) is 0 Å². The van der Waals surface area contributed by atoms with Crippen LogP contribution < -0.4 is 9.88 Å². The van der Waals surface area contributed by atoms with E-state index < -0.39 is 0 Å². The molecule has 0 atom stereocenters. The number of nitriles is 2. The lowest BCUT2D eigenvalue weighted by Crippen LogP contribution is -2.25. The fourth-order valence-electron chi connectivity index (χ4n) is 1.33. The van der Waals surface area contributed by atoms with Gasteiger partial charge in [0.25, 0.3) is 0 Å². The van der Waals surface area contributed by atoms with Gasteiger partial charge < -0.3 is 4.90 Å². The molecule has 1 heterocycles. The fourth-order valence-corrected chi connectivity index (χ4v) is 1.33. The molecule has 0 saturated carbocycles. The SMILES string of the molecule is N#CCCN(CCC#N)c1cc[nH+]cc1. The van der Waals surface area contributed by atoms with E-state index in [4.69, 9.17) is 10.5 Å². The van der Waals surface area contributed by atoms with E-state index in [1.165, 1.54) is 0 Å². The Morgan fingerprint density at radius 3 is 2.07 bits per heavy atom. The van der Waals surface area contributed by atoms with Crippen LogP contribution in [0.15, 0.2) is 24.5 Å². The minimum Gasteiger partial charge on any atom is -0.369 e. The van der Waals surface area contributed by atoms with Crippen molar-refractivity contribution in [3.63, 3.8) is 0 Å². The molecule has 0 saturated heterocycles. The van der Waals surface area contributed by atoms with Gasteiger partial charge in [-0.2, -0.15) is 10.5 Å². The lowest BCUT2D eigenvalue weighted by molar-refractivity contribution is -0.377. The molecule has 4 nitrogen and oxygen atoms in total. The van der Waals surface area contributed by atoms with E-state index in [0.29, 0.717) is 25.9 Å². The second kappa shape index (κ2) is 6.39. The average molecular weight is 201 g/mol. The number of pyridine rings is 1. The quantitative estimate of drug-likeness (QED) is 0.717. The highest BCUT2D eigenvalue weighted by molar-refractivity contribution is 5.43. The summed E-state index contributed by atoms with van der Waals surface area (Å²) >= 11 is 0. The molecule has 0 aromatic carbocycles. The van der Waals surface area contributed by atoms with Gasteiger partial charge in [-0.25, -0.2) is 4.98 Å². The first-order valence-electron chi connectivity index (χ1n) is 4.83. The van der Waals surface area contributed by atoms with Gasteiger partial charge in [0.05, 0.1) is 25.0 Å². The summed E-state index contributed by atoms with van der Waals surface area (Å²) in [5, 5.41) is 17.1. The Labute approximate surface area is 89.4 Å². The highest BCUT2D eigenvalue weighted by Crippen LogP contribution is 2.11. The fraction of sp³-hybridized carbons (Fsp3) is 0.364. The molecule has 0 radical (unpaired) electrons. The smallest absolute Gasteiger partial charge is 0.169 e. The molecule has 4 heteroatoms. The van der Waals surface area contributed by atoms with E-state index in [1.807, 2.05) is 29.4 Å². The van der Waals surface area contributed by atoms with Crippen molar-refractivity contribution < 1.29 is 4.98 Å². The molecule has 0 aliphatic heterocycles. The molecule has 1 rings (SSSR count). The standard InChI is InChI=1S/C11H12N4/c12-5-1-9-15(10-2-6-13)11-3-7-14-8-4-11/h3-4,7-8H,1-2,9-10H2/p+1. The molecular formula is C11H13N4+. The maximum Gasteiger partial charge on any atom is 0.169 e. The number of H-pyrrole nitrogens is 1. The number of nitrogens with one attached hydrogen (secondary N) is 1. The molecule has 0 fully saturated rings. The zero-order chi connectivity index (χ0) is 10.9. The summed E-state index contributed by atoms with van der Waals surface area (Å²) in [5.74, 6) is 0. The summed E-state index contributed by atoms with van der Waals surface area (Å²) in [6.07, 6.45) is 4.62. The van der Waals surface area contributed by atoms with Crippen molar-refractivity contribution in [3.8, 4) is 12.1 Å². The lowest BCUT2D eigenvalue weighted by Gasteiger charge is -2.21. The van der Waals surface area contributed by atoms with Crippen molar-refractivity contribution in [2.24, 2.45) is 0 Å². The van der Waals surface area contributed by atoms with Crippen LogP contribution in [-0.4, -0.2) is 13.1 Å². The number of aromatic nitrogens is 1. The van der Waals surface area contributed by atoms with Crippen molar-refractivity contribution in [3.05, 3.63) is 24.5 Å². The van der Waals surface area contributed by atoms with Crippen molar-refractivity contribution in [2.75, 3.05) is 18.0 Å². The van der Waals surface area contributed by atoms with Crippen LogP contribution in [0.4, 0.5) is 5.69 Å².